The van der Waals surface area contributed by atoms with Crippen LogP contribution in [-0.2, 0) is 4.79 Å². The van der Waals surface area contributed by atoms with E-state index in [2.05, 4.69) is 20.6 Å². The second-order valence-corrected chi connectivity index (χ2v) is 8.74. The number of hydrogen-bond acceptors (Lipinski definition) is 7. The van der Waals surface area contributed by atoms with E-state index < -0.39 is 0 Å². The van der Waals surface area contributed by atoms with Gasteiger partial charge in [0.1, 0.15) is 11.5 Å². The van der Waals surface area contributed by atoms with Crippen LogP contribution in [0.25, 0.3) is 33.3 Å². The average Bonchev–Trinajstić information content (AvgIpc) is 3.27. The first kappa shape index (κ1) is 21.1. The number of carbonyl (C=O) groups is 1. The second kappa shape index (κ2) is 8.65. The standard InChI is InChI=1S/C24H28N8O/c1-25-21-20-16(17-10-11-18-19(29-17)5-4-12-26-18)13-27-22(20)31-24(30-21)28-15-8-6-14(7-9-15)23(33)32(2)3/h4-5,10-15H,6-9H2,1-3H3,(H3,25,27,28,30,31). The smallest absolute Gasteiger partial charge is 0.226 e. The normalized spacial score (nSPS) is 18.4. The van der Waals surface area contributed by atoms with E-state index >= 15 is 0 Å². The maximum absolute atomic E-state index is 12.2. The third-order valence-electron chi connectivity index (χ3n) is 6.35. The molecule has 4 aromatic heterocycles. The summed E-state index contributed by atoms with van der Waals surface area (Å²) in [4.78, 5) is 35.8. The summed E-state index contributed by atoms with van der Waals surface area (Å²) in [7, 11) is 5.51. The Balaban J connectivity index is 1.40. The van der Waals surface area contributed by atoms with Crippen LogP contribution in [0.2, 0.25) is 0 Å². The van der Waals surface area contributed by atoms with E-state index in [9.17, 15) is 4.79 Å². The van der Waals surface area contributed by atoms with E-state index in [4.69, 9.17) is 15.0 Å². The zero-order chi connectivity index (χ0) is 22.9. The number of carbonyl (C=O) groups excluding carboxylic acids is 1. The van der Waals surface area contributed by atoms with Crippen molar-refractivity contribution < 1.29 is 4.79 Å². The molecule has 0 aliphatic heterocycles. The number of anilines is 2. The molecule has 0 aromatic carbocycles. The van der Waals surface area contributed by atoms with Crippen LogP contribution < -0.4 is 10.6 Å². The number of amides is 1. The molecule has 0 unspecified atom stereocenters. The van der Waals surface area contributed by atoms with Crippen molar-refractivity contribution in [3.63, 3.8) is 0 Å². The van der Waals surface area contributed by atoms with Crippen molar-refractivity contribution in [1.82, 2.24) is 29.8 Å². The van der Waals surface area contributed by atoms with Gasteiger partial charge >= 0.3 is 0 Å². The summed E-state index contributed by atoms with van der Waals surface area (Å²) in [5, 5.41) is 7.59. The Bertz CT molecular complexity index is 1310. The molecule has 0 bridgehead atoms. The summed E-state index contributed by atoms with van der Waals surface area (Å²) in [5.74, 6) is 1.66. The van der Waals surface area contributed by atoms with Gasteiger partial charge in [-0.25, -0.2) is 4.98 Å². The van der Waals surface area contributed by atoms with Crippen LogP contribution in [0.15, 0.2) is 36.7 Å². The molecule has 3 N–H and O–H groups in total. The van der Waals surface area contributed by atoms with Crippen LogP contribution in [0, 0.1) is 5.92 Å². The van der Waals surface area contributed by atoms with Gasteiger partial charge in [-0.15, -0.1) is 0 Å². The van der Waals surface area contributed by atoms with Crippen LogP contribution >= 0.6 is 0 Å². The van der Waals surface area contributed by atoms with Gasteiger partial charge in [0.2, 0.25) is 11.9 Å². The summed E-state index contributed by atoms with van der Waals surface area (Å²) >= 11 is 0. The zero-order valence-electron chi connectivity index (χ0n) is 19.1. The fraction of sp³-hybridized carbons (Fsp3) is 0.375. The number of aromatic amines is 1. The first-order chi connectivity index (χ1) is 16.0. The topological polar surface area (TPSA) is 112 Å². The van der Waals surface area contributed by atoms with Crippen molar-refractivity contribution in [2.45, 2.75) is 31.7 Å². The molecule has 1 fully saturated rings. The molecule has 5 rings (SSSR count). The maximum Gasteiger partial charge on any atom is 0.226 e. The number of aromatic nitrogens is 5. The highest BCUT2D eigenvalue weighted by molar-refractivity contribution is 6.01. The Hall–Kier alpha value is -3.75. The molecule has 9 heteroatoms. The van der Waals surface area contributed by atoms with Gasteiger partial charge in [0, 0.05) is 51.1 Å². The van der Waals surface area contributed by atoms with Crippen molar-refractivity contribution in [3.8, 4) is 11.3 Å². The van der Waals surface area contributed by atoms with Gasteiger partial charge in [-0.3, -0.25) is 9.78 Å². The fourth-order valence-corrected chi connectivity index (χ4v) is 4.62. The average molecular weight is 445 g/mol. The van der Waals surface area contributed by atoms with Crippen molar-refractivity contribution in [1.29, 1.82) is 0 Å². The molecule has 1 aliphatic carbocycles. The number of nitrogens with zero attached hydrogens (tertiary/aromatic N) is 5. The predicted molar refractivity (Wildman–Crippen MR) is 130 cm³/mol. The van der Waals surface area contributed by atoms with Gasteiger partial charge < -0.3 is 20.5 Å². The Kier molecular flexibility index (Phi) is 5.53. The minimum absolute atomic E-state index is 0.116. The summed E-state index contributed by atoms with van der Waals surface area (Å²) in [6, 6.07) is 8.04. The van der Waals surface area contributed by atoms with Crippen molar-refractivity contribution >= 4 is 39.7 Å². The van der Waals surface area contributed by atoms with Crippen LogP contribution in [0.3, 0.4) is 0 Å². The Morgan fingerprint density at radius 3 is 2.64 bits per heavy atom. The minimum Gasteiger partial charge on any atom is -0.372 e. The highest BCUT2D eigenvalue weighted by Crippen LogP contribution is 2.33. The van der Waals surface area contributed by atoms with Gasteiger partial charge in [0.05, 0.1) is 22.1 Å². The Morgan fingerprint density at radius 1 is 1.06 bits per heavy atom. The van der Waals surface area contributed by atoms with E-state index in [1.54, 1.807) is 11.1 Å². The highest BCUT2D eigenvalue weighted by atomic mass is 16.2. The summed E-state index contributed by atoms with van der Waals surface area (Å²) in [6.45, 7) is 0. The van der Waals surface area contributed by atoms with Crippen molar-refractivity contribution in [2.75, 3.05) is 31.8 Å². The Morgan fingerprint density at radius 2 is 1.88 bits per heavy atom. The highest BCUT2D eigenvalue weighted by Gasteiger charge is 2.28. The number of rotatable bonds is 5. The molecule has 0 radical (unpaired) electrons. The van der Waals surface area contributed by atoms with Crippen LogP contribution in [0.1, 0.15) is 25.7 Å². The molecule has 9 nitrogen and oxygen atoms in total. The lowest BCUT2D eigenvalue weighted by molar-refractivity contribution is -0.133. The van der Waals surface area contributed by atoms with E-state index in [-0.39, 0.29) is 17.9 Å². The van der Waals surface area contributed by atoms with Gasteiger partial charge in [0.25, 0.3) is 0 Å². The van der Waals surface area contributed by atoms with E-state index in [0.29, 0.717) is 5.95 Å². The number of pyridine rings is 2. The zero-order valence-corrected chi connectivity index (χ0v) is 19.1. The molecule has 1 amide bonds. The lowest BCUT2D eigenvalue weighted by Gasteiger charge is -2.29. The molecule has 1 saturated carbocycles. The van der Waals surface area contributed by atoms with Gasteiger partial charge in [0.15, 0.2) is 0 Å². The third-order valence-corrected chi connectivity index (χ3v) is 6.35. The molecule has 170 valence electrons. The number of nitrogens with one attached hydrogen (secondary N) is 3. The van der Waals surface area contributed by atoms with E-state index in [1.807, 2.05) is 51.6 Å². The molecule has 4 heterocycles. The summed E-state index contributed by atoms with van der Waals surface area (Å²) < 4.78 is 0. The number of fused-ring (bicyclic) bond motifs is 2. The largest absolute Gasteiger partial charge is 0.372 e. The molecular weight excluding hydrogens is 416 g/mol. The fourth-order valence-electron chi connectivity index (χ4n) is 4.62. The molecule has 33 heavy (non-hydrogen) atoms. The summed E-state index contributed by atoms with van der Waals surface area (Å²) in [6.07, 6.45) is 7.29. The van der Waals surface area contributed by atoms with Gasteiger partial charge in [-0.2, -0.15) is 9.97 Å². The van der Waals surface area contributed by atoms with Gasteiger partial charge in [-0.1, -0.05) is 0 Å². The molecular formula is C24H28N8O. The van der Waals surface area contributed by atoms with Crippen LogP contribution in [-0.4, -0.2) is 62.9 Å². The SMILES string of the molecule is CNc1nc(NC2CCC(C(=O)N(C)C)CC2)nc2[nH]cc(-c3ccc4ncccc4n3)c12. The van der Waals surface area contributed by atoms with Crippen LogP contribution in [0.4, 0.5) is 11.8 Å². The predicted octanol–water partition coefficient (Wildman–Crippen LogP) is 3.67. The minimum atomic E-state index is 0.116. The second-order valence-electron chi connectivity index (χ2n) is 8.74. The molecule has 1 aliphatic rings. The number of hydrogen-bond donors (Lipinski definition) is 3. The van der Waals surface area contributed by atoms with E-state index in [0.717, 1.165) is 64.8 Å². The lowest BCUT2D eigenvalue weighted by Crippen LogP contribution is -2.35. The van der Waals surface area contributed by atoms with E-state index in [1.165, 1.54) is 0 Å². The maximum atomic E-state index is 12.2. The monoisotopic (exact) mass is 444 g/mol. The third kappa shape index (κ3) is 4.06. The molecule has 4 aromatic rings. The first-order valence-corrected chi connectivity index (χ1v) is 11.3. The summed E-state index contributed by atoms with van der Waals surface area (Å²) in [5.41, 5.74) is 4.23. The quantitative estimate of drug-likeness (QED) is 0.431. The Labute approximate surface area is 192 Å². The molecule has 0 saturated heterocycles. The number of H-pyrrole nitrogens is 1. The lowest BCUT2D eigenvalue weighted by atomic mass is 9.85. The van der Waals surface area contributed by atoms with Crippen molar-refractivity contribution in [2.24, 2.45) is 5.92 Å². The first-order valence-electron chi connectivity index (χ1n) is 11.3. The van der Waals surface area contributed by atoms with Gasteiger partial charge in [-0.05, 0) is 49.9 Å². The molecule has 0 spiro atoms. The van der Waals surface area contributed by atoms with Crippen LogP contribution in [0.5, 0.6) is 0 Å². The van der Waals surface area contributed by atoms with Crippen molar-refractivity contribution in [3.05, 3.63) is 36.7 Å². The molecule has 0 atom stereocenters.